The van der Waals surface area contributed by atoms with Gasteiger partial charge in [0, 0.05) is 17.4 Å². The number of esters is 1. The van der Waals surface area contributed by atoms with Gasteiger partial charge in [-0.15, -0.1) is 0 Å². The largest absolute Gasteiger partial charge is 0.465 e. The number of hydrogen-bond acceptors (Lipinski definition) is 7. The summed E-state index contributed by atoms with van der Waals surface area (Å²) in [5.41, 5.74) is 3.92. The summed E-state index contributed by atoms with van der Waals surface area (Å²) in [6.45, 7) is 1.83. The van der Waals surface area contributed by atoms with Gasteiger partial charge in [0.2, 0.25) is 10.0 Å². The smallest absolute Gasteiger partial charge is 0.337 e. The number of furan rings is 1. The maximum absolute atomic E-state index is 12.0. The van der Waals surface area contributed by atoms with Crippen LogP contribution in [-0.2, 0) is 14.8 Å². The van der Waals surface area contributed by atoms with Gasteiger partial charge in [0.15, 0.2) is 5.11 Å². The molecular weight excluding hydrogens is 536 g/mol. The minimum Gasteiger partial charge on any atom is -0.465 e. The quantitative estimate of drug-likeness (QED) is 0.238. The maximum atomic E-state index is 12.0. The fourth-order valence-corrected chi connectivity index (χ4v) is 5.59. The summed E-state index contributed by atoms with van der Waals surface area (Å²) < 4.78 is 37.3. The van der Waals surface area contributed by atoms with E-state index in [-0.39, 0.29) is 6.04 Å². The number of anilines is 2. The first-order valence-corrected chi connectivity index (χ1v) is 14.3. The van der Waals surface area contributed by atoms with Crippen molar-refractivity contribution in [3.05, 3.63) is 102 Å². The fraction of sp³-hybridized carbons (Fsp3) is 0.179. The van der Waals surface area contributed by atoms with Gasteiger partial charge in [0.05, 0.1) is 36.4 Å². The van der Waals surface area contributed by atoms with Crippen LogP contribution in [0.5, 0.6) is 0 Å². The molecule has 0 saturated carbocycles. The molecule has 39 heavy (non-hydrogen) atoms. The molecular formula is C28H26N4O5S2. The second-order valence-corrected chi connectivity index (χ2v) is 11.3. The zero-order chi connectivity index (χ0) is 27.7. The molecule has 0 spiro atoms. The van der Waals surface area contributed by atoms with E-state index in [9.17, 15) is 13.2 Å². The van der Waals surface area contributed by atoms with Gasteiger partial charge < -0.3 is 19.4 Å². The van der Waals surface area contributed by atoms with Crippen LogP contribution in [0.3, 0.4) is 0 Å². The van der Waals surface area contributed by atoms with Gasteiger partial charge in [0.1, 0.15) is 17.6 Å². The molecule has 0 radical (unpaired) electrons. The predicted octanol–water partition coefficient (Wildman–Crippen LogP) is 4.99. The average Bonchev–Trinajstić information content (AvgIpc) is 3.54. The van der Waals surface area contributed by atoms with Crippen LogP contribution in [0.2, 0.25) is 0 Å². The van der Waals surface area contributed by atoms with Crippen molar-refractivity contribution in [3.8, 4) is 11.3 Å². The maximum Gasteiger partial charge on any atom is 0.337 e. The molecule has 9 nitrogen and oxygen atoms in total. The molecule has 1 saturated heterocycles. The number of rotatable bonds is 7. The molecule has 4 aromatic rings. The predicted molar refractivity (Wildman–Crippen MR) is 153 cm³/mol. The topological polar surface area (TPSA) is 114 Å². The van der Waals surface area contributed by atoms with Gasteiger partial charge in [-0.25, -0.2) is 13.2 Å². The van der Waals surface area contributed by atoms with E-state index in [2.05, 4.69) is 15.0 Å². The molecule has 0 amide bonds. The Labute approximate surface area is 231 Å². The summed E-state index contributed by atoms with van der Waals surface area (Å²) in [4.78, 5) is 18.6. The number of thiocarbonyl (C=S) groups is 1. The van der Waals surface area contributed by atoms with E-state index in [1.807, 2.05) is 60.4 Å². The molecule has 5 rings (SSSR count). The van der Waals surface area contributed by atoms with Crippen LogP contribution in [0.15, 0.2) is 83.4 Å². The number of nitrogens with one attached hydrogen (secondary N) is 2. The van der Waals surface area contributed by atoms with Crippen LogP contribution in [0, 0.1) is 6.92 Å². The van der Waals surface area contributed by atoms with Crippen LogP contribution in [0.25, 0.3) is 11.3 Å². The zero-order valence-corrected chi connectivity index (χ0v) is 23.0. The van der Waals surface area contributed by atoms with E-state index in [4.69, 9.17) is 21.4 Å². The van der Waals surface area contributed by atoms with Crippen molar-refractivity contribution in [2.75, 3.05) is 23.0 Å². The first kappa shape index (κ1) is 26.4. The van der Waals surface area contributed by atoms with E-state index in [1.54, 1.807) is 30.5 Å². The number of sulfonamides is 1. The SMILES string of the molecule is COC(=O)c1cccc(-c2ccc(C3C(c4ccccn4)NC(=S)N3c3ccc(NS(C)(=O)=O)c(C)c3)o2)c1. The first-order chi connectivity index (χ1) is 18.6. The van der Waals surface area contributed by atoms with E-state index in [1.165, 1.54) is 7.11 Å². The molecule has 11 heteroatoms. The molecule has 1 aliphatic rings. The highest BCUT2D eigenvalue weighted by molar-refractivity contribution is 7.92. The molecule has 0 bridgehead atoms. The Bertz CT molecular complexity index is 1650. The highest BCUT2D eigenvalue weighted by Gasteiger charge is 2.42. The number of methoxy groups -OCH3 is 1. The Morgan fingerprint density at radius 1 is 1.10 bits per heavy atom. The Balaban J connectivity index is 1.57. The lowest BCUT2D eigenvalue weighted by Crippen LogP contribution is -2.29. The third kappa shape index (κ3) is 5.50. The minimum absolute atomic E-state index is 0.326. The summed E-state index contributed by atoms with van der Waals surface area (Å²) in [6, 6.07) is 21.1. The van der Waals surface area contributed by atoms with Gasteiger partial charge in [-0.1, -0.05) is 18.2 Å². The Hall–Kier alpha value is -4.22. The van der Waals surface area contributed by atoms with Crippen molar-refractivity contribution in [2.45, 2.75) is 19.0 Å². The molecule has 2 aromatic heterocycles. The molecule has 1 aliphatic heterocycles. The Kier molecular flexibility index (Phi) is 7.11. The highest BCUT2D eigenvalue weighted by atomic mass is 32.2. The van der Waals surface area contributed by atoms with Gasteiger partial charge >= 0.3 is 5.97 Å². The molecule has 2 unspecified atom stereocenters. The Morgan fingerprint density at radius 3 is 2.62 bits per heavy atom. The lowest BCUT2D eigenvalue weighted by Gasteiger charge is -2.26. The van der Waals surface area contributed by atoms with E-state index < -0.39 is 22.0 Å². The number of benzene rings is 2. The third-order valence-electron chi connectivity index (χ3n) is 6.37. The normalized spacial score (nSPS) is 17.1. The summed E-state index contributed by atoms with van der Waals surface area (Å²) in [5.74, 6) is 0.782. The molecule has 200 valence electrons. The summed E-state index contributed by atoms with van der Waals surface area (Å²) in [5, 5.41) is 3.86. The van der Waals surface area contributed by atoms with Gasteiger partial charge in [-0.3, -0.25) is 9.71 Å². The van der Waals surface area contributed by atoms with Crippen molar-refractivity contribution >= 4 is 44.7 Å². The summed E-state index contributed by atoms with van der Waals surface area (Å²) in [7, 11) is -2.09. The number of aryl methyl sites for hydroxylation is 1. The van der Waals surface area contributed by atoms with Gasteiger partial charge in [0.25, 0.3) is 0 Å². The average molecular weight is 563 g/mol. The second-order valence-electron chi connectivity index (χ2n) is 9.14. The molecule has 3 heterocycles. The van der Waals surface area contributed by atoms with Crippen molar-refractivity contribution in [2.24, 2.45) is 0 Å². The van der Waals surface area contributed by atoms with Crippen molar-refractivity contribution in [3.63, 3.8) is 0 Å². The van der Waals surface area contributed by atoms with Crippen LogP contribution < -0.4 is 14.9 Å². The van der Waals surface area contributed by atoms with Crippen LogP contribution in [-0.4, -0.2) is 37.8 Å². The number of aromatic nitrogens is 1. The Morgan fingerprint density at radius 2 is 1.92 bits per heavy atom. The number of ether oxygens (including phenoxy) is 1. The molecule has 1 fully saturated rings. The zero-order valence-electron chi connectivity index (χ0n) is 21.4. The third-order valence-corrected chi connectivity index (χ3v) is 7.27. The van der Waals surface area contributed by atoms with Gasteiger partial charge in [-0.05, 0) is 79.3 Å². The highest BCUT2D eigenvalue weighted by Crippen LogP contribution is 2.43. The van der Waals surface area contributed by atoms with Crippen molar-refractivity contribution in [1.82, 2.24) is 10.3 Å². The minimum atomic E-state index is -3.43. The fourth-order valence-electron chi connectivity index (χ4n) is 4.62. The summed E-state index contributed by atoms with van der Waals surface area (Å²) >= 11 is 5.78. The number of carbonyl (C=O) groups excluding carboxylic acids is 1. The number of pyridine rings is 1. The number of hydrogen-bond donors (Lipinski definition) is 2. The second kappa shape index (κ2) is 10.5. The molecule has 0 aliphatic carbocycles. The lowest BCUT2D eigenvalue weighted by atomic mass is 10.0. The van der Waals surface area contributed by atoms with Crippen molar-refractivity contribution < 1.29 is 22.4 Å². The van der Waals surface area contributed by atoms with Crippen LogP contribution in [0.4, 0.5) is 11.4 Å². The van der Waals surface area contributed by atoms with Crippen molar-refractivity contribution in [1.29, 1.82) is 0 Å². The van der Waals surface area contributed by atoms with E-state index in [0.29, 0.717) is 27.9 Å². The molecule has 2 atom stereocenters. The van der Waals surface area contributed by atoms with Crippen LogP contribution >= 0.6 is 12.2 Å². The van der Waals surface area contributed by atoms with E-state index in [0.717, 1.165) is 28.8 Å². The number of nitrogens with zero attached hydrogens (tertiary/aromatic N) is 2. The van der Waals surface area contributed by atoms with Crippen LogP contribution in [0.1, 0.15) is 39.5 Å². The van der Waals surface area contributed by atoms with Gasteiger partial charge in [-0.2, -0.15) is 0 Å². The molecule has 2 aromatic carbocycles. The van der Waals surface area contributed by atoms with E-state index >= 15 is 0 Å². The summed E-state index contributed by atoms with van der Waals surface area (Å²) in [6.07, 6.45) is 2.84. The number of carbonyl (C=O) groups is 1. The standard InChI is InChI=1S/C28H26N4O5S2/c1-17-15-20(10-11-21(17)31-39(3,34)35)32-26(25(30-28(32)38)22-9-4-5-14-29-22)24-13-12-23(37-24)18-7-6-8-19(16-18)27(33)36-2/h4-16,25-26,31H,1-3H3,(H,30,38). The molecule has 2 N–H and O–H groups in total. The monoisotopic (exact) mass is 562 g/mol. The lowest BCUT2D eigenvalue weighted by molar-refractivity contribution is 0.0600. The first-order valence-electron chi connectivity index (χ1n) is 12.0.